The Bertz CT molecular complexity index is 600. The van der Waals surface area contributed by atoms with Gasteiger partial charge in [-0.2, -0.15) is 0 Å². The molecule has 3 aromatic rings. The van der Waals surface area contributed by atoms with E-state index in [1.807, 2.05) is 35.0 Å². The summed E-state index contributed by atoms with van der Waals surface area (Å²) in [5.41, 5.74) is 3.29. The highest BCUT2D eigenvalue weighted by atomic mass is 16.3. The lowest BCUT2D eigenvalue weighted by Gasteiger charge is -2.07. The third kappa shape index (κ3) is 2.27. The summed E-state index contributed by atoms with van der Waals surface area (Å²) < 4.78 is 7.01. The Balaban J connectivity index is 1.75. The van der Waals surface area contributed by atoms with Gasteiger partial charge in [0.2, 0.25) is 0 Å². The van der Waals surface area contributed by atoms with Crippen LogP contribution >= 0.6 is 0 Å². The van der Waals surface area contributed by atoms with Gasteiger partial charge in [-0.25, -0.2) is 4.98 Å². The van der Waals surface area contributed by atoms with Crippen LogP contribution in [0.4, 0.5) is 5.69 Å². The Labute approximate surface area is 105 Å². The molecule has 0 amide bonds. The van der Waals surface area contributed by atoms with Crippen molar-refractivity contribution in [2.75, 3.05) is 5.32 Å². The summed E-state index contributed by atoms with van der Waals surface area (Å²) in [6.07, 6.45) is 8.90. The number of hydrogen-bond acceptors (Lipinski definition) is 3. The molecule has 3 rings (SSSR count). The second-order valence-electron chi connectivity index (χ2n) is 4.01. The van der Waals surface area contributed by atoms with Gasteiger partial charge >= 0.3 is 0 Å². The Morgan fingerprint density at radius 1 is 1.28 bits per heavy atom. The second-order valence-corrected chi connectivity index (χ2v) is 4.01. The van der Waals surface area contributed by atoms with Crippen molar-refractivity contribution < 1.29 is 4.42 Å². The van der Waals surface area contributed by atoms with Gasteiger partial charge in [-0.1, -0.05) is 6.07 Å². The van der Waals surface area contributed by atoms with Gasteiger partial charge in [0.1, 0.15) is 0 Å². The number of hydrogen-bond donors (Lipinski definition) is 1. The van der Waals surface area contributed by atoms with E-state index in [9.17, 15) is 0 Å². The molecule has 18 heavy (non-hydrogen) atoms. The summed E-state index contributed by atoms with van der Waals surface area (Å²) >= 11 is 0. The van der Waals surface area contributed by atoms with E-state index in [1.165, 1.54) is 0 Å². The number of nitrogens with zero attached hydrogens (tertiary/aromatic N) is 2. The first-order valence-electron chi connectivity index (χ1n) is 5.75. The van der Waals surface area contributed by atoms with Gasteiger partial charge in [-0.3, -0.25) is 0 Å². The lowest BCUT2D eigenvalue weighted by molar-refractivity contribution is 0.564. The van der Waals surface area contributed by atoms with Crippen molar-refractivity contribution in [3.8, 4) is 5.69 Å². The molecular weight excluding hydrogens is 226 g/mol. The lowest BCUT2D eigenvalue weighted by Crippen LogP contribution is -1.99. The molecule has 1 aromatic carbocycles. The zero-order valence-corrected chi connectivity index (χ0v) is 9.78. The highest BCUT2D eigenvalue weighted by Crippen LogP contribution is 2.15. The Hall–Kier alpha value is -2.49. The average Bonchev–Trinajstić information content (AvgIpc) is 3.10. The molecule has 90 valence electrons. The van der Waals surface area contributed by atoms with Crippen molar-refractivity contribution in [3.63, 3.8) is 0 Å². The molecule has 0 bridgehead atoms. The number of imidazole rings is 1. The Morgan fingerprint density at radius 3 is 3.06 bits per heavy atom. The SMILES string of the molecule is c1cc(NCc2ccoc2)cc(-n2ccnc2)c1. The predicted octanol–water partition coefficient (Wildman–Crippen LogP) is 3.08. The van der Waals surface area contributed by atoms with Crippen LogP contribution < -0.4 is 5.32 Å². The van der Waals surface area contributed by atoms with Gasteiger partial charge in [-0.05, 0) is 24.3 Å². The number of furan rings is 1. The minimum absolute atomic E-state index is 0.754. The Morgan fingerprint density at radius 2 is 2.28 bits per heavy atom. The van der Waals surface area contributed by atoms with E-state index in [2.05, 4.69) is 16.4 Å². The molecule has 0 spiro atoms. The average molecular weight is 239 g/mol. The zero-order chi connectivity index (χ0) is 12.2. The summed E-state index contributed by atoms with van der Waals surface area (Å²) in [5, 5.41) is 3.36. The van der Waals surface area contributed by atoms with Gasteiger partial charge in [0.05, 0.1) is 18.9 Å². The van der Waals surface area contributed by atoms with Crippen LogP contribution in [-0.4, -0.2) is 9.55 Å². The quantitative estimate of drug-likeness (QED) is 0.760. The fourth-order valence-electron chi connectivity index (χ4n) is 1.79. The minimum atomic E-state index is 0.754. The highest BCUT2D eigenvalue weighted by Gasteiger charge is 1.98. The number of benzene rings is 1. The van der Waals surface area contributed by atoms with E-state index in [-0.39, 0.29) is 0 Å². The van der Waals surface area contributed by atoms with Gasteiger partial charge in [-0.15, -0.1) is 0 Å². The van der Waals surface area contributed by atoms with E-state index in [0.29, 0.717) is 0 Å². The maximum atomic E-state index is 5.03. The molecule has 0 unspecified atom stereocenters. The molecule has 2 aromatic heterocycles. The largest absolute Gasteiger partial charge is 0.472 e. The summed E-state index contributed by atoms with van der Waals surface area (Å²) in [6.45, 7) is 0.754. The van der Waals surface area contributed by atoms with Crippen molar-refractivity contribution in [1.29, 1.82) is 0 Å². The zero-order valence-electron chi connectivity index (χ0n) is 9.78. The van der Waals surface area contributed by atoms with Gasteiger partial charge < -0.3 is 14.3 Å². The second kappa shape index (κ2) is 4.79. The third-order valence-electron chi connectivity index (χ3n) is 2.73. The summed E-state index contributed by atoms with van der Waals surface area (Å²) in [7, 11) is 0. The van der Waals surface area contributed by atoms with Crippen molar-refractivity contribution >= 4 is 5.69 Å². The molecule has 0 saturated heterocycles. The molecule has 0 fully saturated rings. The third-order valence-corrected chi connectivity index (χ3v) is 2.73. The van der Waals surface area contributed by atoms with Crippen LogP contribution in [0.25, 0.3) is 5.69 Å². The predicted molar refractivity (Wildman–Crippen MR) is 69.6 cm³/mol. The molecular formula is C14H13N3O. The maximum absolute atomic E-state index is 5.03. The van der Waals surface area contributed by atoms with Gasteiger partial charge in [0.15, 0.2) is 0 Å². The van der Waals surface area contributed by atoms with Gasteiger partial charge in [0.25, 0.3) is 0 Å². The lowest BCUT2D eigenvalue weighted by atomic mass is 10.2. The van der Waals surface area contributed by atoms with E-state index in [4.69, 9.17) is 4.42 Å². The number of rotatable bonds is 4. The highest BCUT2D eigenvalue weighted by molar-refractivity contribution is 5.51. The molecule has 0 atom stereocenters. The van der Waals surface area contributed by atoms with E-state index in [1.54, 1.807) is 25.1 Å². The molecule has 0 aliphatic rings. The van der Waals surface area contributed by atoms with Crippen molar-refractivity contribution in [2.24, 2.45) is 0 Å². The van der Waals surface area contributed by atoms with Crippen LogP contribution in [0.2, 0.25) is 0 Å². The van der Waals surface area contributed by atoms with Crippen molar-refractivity contribution in [3.05, 3.63) is 67.1 Å². The topological polar surface area (TPSA) is 43.0 Å². The first-order valence-corrected chi connectivity index (χ1v) is 5.75. The molecule has 2 heterocycles. The minimum Gasteiger partial charge on any atom is -0.472 e. The van der Waals surface area contributed by atoms with Crippen molar-refractivity contribution in [1.82, 2.24) is 9.55 Å². The van der Waals surface area contributed by atoms with Crippen LogP contribution in [0.3, 0.4) is 0 Å². The Kier molecular flexibility index (Phi) is 2.84. The van der Waals surface area contributed by atoms with Crippen LogP contribution in [-0.2, 0) is 6.54 Å². The first kappa shape index (κ1) is 10.7. The smallest absolute Gasteiger partial charge is 0.0991 e. The molecule has 0 aliphatic heterocycles. The normalized spacial score (nSPS) is 10.4. The van der Waals surface area contributed by atoms with Crippen LogP contribution in [0.15, 0.2) is 66.0 Å². The molecule has 0 radical (unpaired) electrons. The summed E-state index contributed by atoms with van der Waals surface area (Å²) in [6, 6.07) is 10.1. The monoisotopic (exact) mass is 239 g/mol. The fraction of sp³-hybridized carbons (Fsp3) is 0.0714. The summed E-state index contributed by atoms with van der Waals surface area (Å²) in [5.74, 6) is 0. The standard InChI is InChI=1S/C14H13N3O/c1-2-13(16-9-12-4-7-18-10-12)8-14(3-1)17-6-5-15-11-17/h1-8,10-11,16H,9H2. The fourth-order valence-corrected chi connectivity index (χ4v) is 1.79. The number of anilines is 1. The molecule has 0 aliphatic carbocycles. The molecule has 1 N–H and O–H groups in total. The molecule has 4 nitrogen and oxygen atoms in total. The number of aromatic nitrogens is 2. The van der Waals surface area contributed by atoms with Crippen LogP contribution in [0, 0.1) is 0 Å². The van der Waals surface area contributed by atoms with E-state index >= 15 is 0 Å². The van der Waals surface area contributed by atoms with E-state index in [0.717, 1.165) is 23.5 Å². The summed E-state index contributed by atoms with van der Waals surface area (Å²) in [4.78, 5) is 4.05. The van der Waals surface area contributed by atoms with Gasteiger partial charge in [0, 0.05) is 35.9 Å². The number of nitrogens with one attached hydrogen (secondary N) is 1. The van der Waals surface area contributed by atoms with E-state index < -0.39 is 0 Å². The van der Waals surface area contributed by atoms with Crippen LogP contribution in [0.5, 0.6) is 0 Å². The maximum Gasteiger partial charge on any atom is 0.0991 e. The van der Waals surface area contributed by atoms with Crippen LogP contribution in [0.1, 0.15) is 5.56 Å². The molecule has 0 saturated carbocycles. The van der Waals surface area contributed by atoms with Crippen molar-refractivity contribution in [2.45, 2.75) is 6.54 Å². The first-order chi connectivity index (χ1) is 8.92. The molecule has 4 heteroatoms.